The molecule has 0 unspecified atom stereocenters. The molecule has 1 aliphatic carbocycles. The summed E-state index contributed by atoms with van der Waals surface area (Å²) in [5.41, 5.74) is 11.6. The first kappa shape index (κ1) is 92.3. The van der Waals surface area contributed by atoms with E-state index in [0.29, 0.717) is 0 Å². The summed E-state index contributed by atoms with van der Waals surface area (Å²) < 4.78 is 0. The third-order valence-electron chi connectivity index (χ3n) is 25.0. The highest BCUT2D eigenvalue weighted by Crippen LogP contribution is 2.54. The number of allylic oxidation sites excluding steroid dienone is 8. The van der Waals surface area contributed by atoms with Gasteiger partial charge in [-0.25, -0.2) is 0 Å². The zero-order valence-corrected chi connectivity index (χ0v) is 74.1. The van der Waals surface area contributed by atoms with Crippen LogP contribution in [0.3, 0.4) is 0 Å². The number of unbranched alkanes of at least 4 members (excludes halogenated alkanes) is 68. The van der Waals surface area contributed by atoms with E-state index in [-0.39, 0.29) is 14.5 Å². The second-order valence-electron chi connectivity index (χ2n) is 34.7. The molecule has 4 heteroatoms. The first-order valence-electron chi connectivity index (χ1n) is 47.8. The Hall–Kier alpha value is -1.34. The van der Waals surface area contributed by atoms with E-state index in [0.717, 1.165) is 0 Å². The Morgan fingerprint density at radius 3 is 0.854 bits per heavy atom. The van der Waals surface area contributed by atoms with Crippen LogP contribution in [0.5, 0.6) is 0 Å². The summed E-state index contributed by atoms with van der Waals surface area (Å²) in [7, 11) is -0.983. The maximum atomic E-state index is 2.99. The minimum Gasteiger partial charge on any atom is -0.144 e. The van der Waals surface area contributed by atoms with Gasteiger partial charge in [0.1, 0.15) is 0 Å². The van der Waals surface area contributed by atoms with Crippen molar-refractivity contribution in [3.05, 3.63) is 78.0 Å². The van der Waals surface area contributed by atoms with Crippen molar-refractivity contribution in [3.63, 3.8) is 0 Å². The maximum absolute atomic E-state index is 2.99. The molecule has 0 fully saturated rings. The number of aryl methyl sites for hydroxylation is 2. The van der Waals surface area contributed by atoms with E-state index < -0.39 is 7.93 Å². The molecule has 2 aromatic heterocycles. The van der Waals surface area contributed by atoms with Crippen molar-refractivity contribution >= 4 is 56.5 Å². The summed E-state index contributed by atoms with van der Waals surface area (Å²) in [5.74, 6) is 0. The minimum atomic E-state index is -0.611. The topological polar surface area (TPSA) is 0 Å². The normalized spacial score (nSPS) is 14.5. The zero-order chi connectivity index (χ0) is 72.5. The zero-order valence-electron chi connectivity index (χ0n) is 70.1. The van der Waals surface area contributed by atoms with E-state index in [1.807, 2.05) is 16.0 Å². The van der Waals surface area contributed by atoms with Crippen LogP contribution in [0.4, 0.5) is 0 Å². The van der Waals surface area contributed by atoms with Gasteiger partial charge < -0.3 is 0 Å². The standard InChI is InChI=1S/C99H176S2Si2/c1-5-9-13-17-21-25-29-33-37-41-45-49-53-57-61-65-69-73-77-90-83-94(100-88-90)92-79-82-103-97(86-92)98-96(102-103)85-93(95-84-91(89-101-95)78-74-70-66-62-58-54-50-46-42-38-34-30-26-22-18-14-10-6-2)87-99(98,80-75-71-67-63-59-55-51-47-43-39-35-31-27-23-19-15-11-7-3)81-76-72-68-64-60-56-52-48-44-40-36-32-28-24-20-16-12-8-4/h79,82-85,87-89H,5-78,80-81,86,102H2,1-4H3. The molecule has 0 aromatic carbocycles. The number of hydrogen-bond donors (Lipinski definition) is 0. The van der Waals surface area contributed by atoms with E-state index in [1.165, 1.54) is 494 Å². The molecular formula is C99H176S2Si2. The molecule has 0 atom stereocenters. The number of fused-ring (bicyclic) bond motifs is 2. The van der Waals surface area contributed by atoms with Gasteiger partial charge in [-0.05, 0) is 95.7 Å². The second kappa shape index (κ2) is 66.5. The van der Waals surface area contributed by atoms with Crippen LogP contribution in [0.25, 0.3) is 11.1 Å². The molecule has 3 aliphatic rings. The van der Waals surface area contributed by atoms with E-state index >= 15 is 0 Å². The summed E-state index contributed by atoms with van der Waals surface area (Å²) >= 11 is 4.18. The molecule has 0 saturated heterocycles. The van der Waals surface area contributed by atoms with Gasteiger partial charge in [-0.1, -0.05) is 511 Å². The average molecular weight is 1490 g/mol. The largest absolute Gasteiger partial charge is 0.144 e. The van der Waals surface area contributed by atoms with Crippen molar-refractivity contribution in [1.82, 2.24) is 0 Å². The Morgan fingerprint density at radius 2 is 0.563 bits per heavy atom. The Kier molecular flexibility index (Phi) is 59.5. The van der Waals surface area contributed by atoms with E-state index in [4.69, 9.17) is 0 Å². The van der Waals surface area contributed by atoms with Crippen LogP contribution in [0, 0.1) is 5.41 Å². The molecule has 103 heavy (non-hydrogen) atoms. The molecule has 0 radical (unpaired) electrons. The Morgan fingerprint density at radius 1 is 0.311 bits per heavy atom. The quantitative estimate of drug-likeness (QED) is 0.0457. The third-order valence-corrected chi connectivity index (χ3v) is 34.4. The van der Waals surface area contributed by atoms with Crippen molar-refractivity contribution < 1.29 is 0 Å². The molecule has 0 saturated carbocycles. The highest BCUT2D eigenvalue weighted by molar-refractivity contribution is 7.22. The maximum Gasteiger partial charge on any atom is 0.0711 e. The van der Waals surface area contributed by atoms with Gasteiger partial charge in [0.15, 0.2) is 0 Å². The van der Waals surface area contributed by atoms with Crippen molar-refractivity contribution in [1.29, 1.82) is 0 Å². The molecule has 5 rings (SSSR count). The van der Waals surface area contributed by atoms with Crippen LogP contribution in [0.15, 0.2) is 57.1 Å². The van der Waals surface area contributed by atoms with Crippen LogP contribution in [-0.4, -0.2) is 22.6 Å². The predicted molar refractivity (Wildman–Crippen MR) is 479 cm³/mol. The smallest absolute Gasteiger partial charge is 0.0711 e. The summed E-state index contributed by atoms with van der Waals surface area (Å²) in [6.45, 7) is 9.33. The SMILES string of the molecule is CCCCCCCCCCCCCCCCCCCCc1csc(C2=CC(CCCCCCCCCCCCCCCCCCCC)(CCCCCCCCCCCCCCCCCCCC)C3=C4CC(c5cc(CCCCCCCCCCCCCCCCCCCC)cs5)=CC=[Si]4[SiH2]C3=C2)c1. The lowest BCUT2D eigenvalue weighted by Gasteiger charge is -2.39. The highest BCUT2D eigenvalue weighted by atomic mass is 32.1. The molecule has 0 spiro atoms. The van der Waals surface area contributed by atoms with Gasteiger partial charge in [-0.15, -0.1) is 22.7 Å². The lowest BCUT2D eigenvalue weighted by atomic mass is 9.68. The minimum absolute atomic E-state index is 0.208. The summed E-state index contributed by atoms with van der Waals surface area (Å²) in [4.78, 5) is 3.19. The summed E-state index contributed by atoms with van der Waals surface area (Å²) in [6, 6.07) is 5.35. The molecule has 0 amide bonds. The molecular weight excluding hydrogens is 1310 g/mol. The van der Waals surface area contributed by atoms with Gasteiger partial charge >= 0.3 is 0 Å². The van der Waals surface area contributed by atoms with Crippen molar-refractivity contribution in [3.8, 4) is 0 Å². The summed E-state index contributed by atoms with van der Waals surface area (Å²) in [5, 5.41) is 9.05. The average Bonchev–Trinajstić information content (AvgIpc) is 1.60. The van der Waals surface area contributed by atoms with Crippen LogP contribution in [0.1, 0.15) is 530 Å². The van der Waals surface area contributed by atoms with Crippen LogP contribution in [0.2, 0.25) is 0 Å². The number of rotatable bonds is 78. The Balaban J connectivity index is 1.16. The molecule has 4 heterocycles. The van der Waals surface area contributed by atoms with Gasteiger partial charge in [0, 0.05) is 23.1 Å². The number of hydrogen-bond acceptors (Lipinski definition) is 2. The van der Waals surface area contributed by atoms with E-state index in [1.54, 1.807) is 32.0 Å². The first-order valence-corrected chi connectivity index (χ1v) is 54.2. The van der Waals surface area contributed by atoms with Gasteiger partial charge in [0.05, 0.1) is 9.04 Å². The lowest BCUT2D eigenvalue weighted by molar-refractivity contribution is 0.354. The Labute approximate surface area is 657 Å². The van der Waals surface area contributed by atoms with Gasteiger partial charge in [0.2, 0.25) is 0 Å². The molecule has 0 N–H and O–H groups in total. The van der Waals surface area contributed by atoms with Crippen molar-refractivity contribution in [2.75, 3.05) is 0 Å². The van der Waals surface area contributed by atoms with Crippen LogP contribution < -0.4 is 0 Å². The highest BCUT2D eigenvalue weighted by Gasteiger charge is 2.43. The van der Waals surface area contributed by atoms with Crippen molar-refractivity contribution in [2.24, 2.45) is 5.41 Å². The Bertz CT molecular complexity index is 2360. The van der Waals surface area contributed by atoms with Crippen molar-refractivity contribution in [2.45, 2.75) is 522 Å². The fourth-order valence-electron chi connectivity index (χ4n) is 18.2. The predicted octanol–water partition coefficient (Wildman–Crippen LogP) is 35.0. The first-order chi connectivity index (χ1) is 51.1. The molecule has 2 aliphatic heterocycles. The second-order valence-corrected chi connectivity index (χ2v) is 43.0. The van der Waals surface area contributed by atoms with Gasteiger partial charge in [-0.2, -0.15) is 0 Å². The molecule has 0 nitrogen and oxygen atoms in total. The molecule has 0 bridgehead atoms. The molecule has 2 aromatic rings. The van der Waals surface area contributed by atoms with Crippen LogP contribution >= 0.6 is 22.7 Å². The third kappa shape index (κ3) is 45.6. The lowest BCUT2D eigenvalue weighted by Crippen LogP contribution is -2.26. The van der Waals surface area contributed by atoms with Crippen LogP contribution in [-0.2, 0) is 12.8 Å². The fraction of sp³-hybridized carbons (Fsp3) is 0.828. The monoisotopic (exact) mass is 1490 g/mol. The van der Waals surface area contributed by atoms with Gasteiger partial charge in [0.25, 0.3) is 0 Å². The molecule has 592 valence electrons. The number of thiophene rings is 2. The van der Waals surface area contributed by atoms with Gasteiger partial charge in [-0.3, -0.25) is 0 Å². The fourth-order valence-corrected chi connectivity index (χ4v) is 28.2. The summed E-state index contributed by atoms with van der Waals surface area (Å²) in [6.07, 6.45) is 120. The van der Waals surface area contributed by atoms with E-state index in [2.05, 4.69) is 97.2 Å². The van der Waals surface area contributed by atoms with E-state index in [9.17, 15) is 0 Å².